The molecule has 0 amide bonds. The fraction of sp³-hybridized carbons (Fsp3) is 0.440. The lowest BCUT2D eigenvalue weighted by atomic mass is 9.70. The maximum atomic E-state index is 13.2. The van der Waals surface area contributed by atoms with Crippen molar-refractivity contribution in [3.05, 3.63) is 58.2 Å². The summed E-state index contributed by atoms with van der Waals surface area (Å²) in [6.45, 7) is 10.6. The van der Waals surface area contributed by atoms with Gasteiger partial charge in [0.15, 0.2) is 5.78 Å². The fourth-order valence-electron chi connectivity index (χ4n) is 4.97. The van der Waals surface area contributed by atoms with Crippen LogP contribution in [0.2, 0.25) is 0 Å². The Bertz CT molecular complexity index is 1100. The second-order valence-electron chi connectivity index (χ2n) is 10.0. The van der Waals surface area contributed by atoms with Gasteiger partial charge in [0.1, 0.15) is 17.4 Å². The highest BCUT2D eigenvalue weighted by atomic mass is 16.5. The first-order chi connectivity index (χ1) is 13.9. The maximum Gasteiger partial charge on any atom is 0.205 e. The normalized spacial score (nSPS) is 24.6. The number of ketones is 1. The molecule has 0 saturated heterocycles. The van der Waals surface area contributed by atoms with E-state index < -0.39 is 5.92 Å². The Hall–Kier alpha value is -3.00. The molecule has 4 rings (SSSR count). The van der Waals surface area contributed by atoms with Gasteiger partial charge in [-0.25, -0.2) is 0 Å². The highest BCUT2D eigenvalue weighted by Gasteiger charge is 2.43. The smallest absolute Gasteiger partial charge is 0.205 e. The summed E-state index contributed by atoms with van der Waals surface area (Å²) in [4.78, 5) is 15.4. The number of nitriles is 1. The average molecular weight is 404 g/mol. The van der Waals surface area contributed by atoms with Gasteiger partial charge < -0.3 is 15.4 Å². The minimum atomic E-state index is -0.485. The Balaban J connectivity index is 1.89. The molecular formula is C25H29N3O2. The van der Waals surface area contributed by atoms with Crippen molar-refractivity contribution in [2.75, 3.05) is 11.9 Å². The van der Waals surface area contributed by atoms with Crippen LogP contribution in [0.5, 0.6) is 0 Å². The van der Waals surface area contributed by atoms with Crippen LogP contribution in [0, 0.1) is 16.7 Å². The number of nitrogens with two attached hydrogens (primary N) is 1. The van der Waals surface area contributed by atoms with E-state index in [2.05, 4.69) is 70.8 Å². The highest BCUT2D eigenvalue weighted by molar-refractivity contribution is 6.00. The lowest BCUT2D eigenvalue weighted by Crippen LogP contribution is -2.42. The van der Waals surface area contributed by atoms with E-state index in [9.17, 15) is 10.1 Å². The number of carbonyl (C=O) groups excluding carboxylic acids is 1. The van der Waals surface area contributed by atoms with Crippen LogP contribution >= 0.6 is 0 Å². The third-order valence-electron chi connectivity index (χ3n) is 6.65. The second kappa shape index (κ2) is 6.50. The number of carbonyl (C=O) groups is 1. The number of anilines is 1. The summed E-state index contributed by atoms with van der Waals surface area (Å²) in [7, 11) is 2.09. The van der Waals surface area contributed by atoms with Crippen molar-refractivity contribution in [2.45, 2.75) is 58.9 Å². The minimum Gasteiger partial charge on any atom is -0.444 e. The SMILES string of the molecule is CC1=CC(C)(C)N(C)c2ccc([C@@H]3C(C#N)=C(N)OC4=C3C(=O)CC(C)(C)C4)cc21. The van der Waals surface area contributed by atoms with Crippen molar-refractivity contribution in [2.24, 2.45) is 11.1 Å². The summed E-state index contributed by atoms with van der Waals surface area (Å²) in [6.07, 6.45) is 3.31. The zero-order chi connectivity index (χ0) is 22.0. The number of hydrogen-bond donors (Lipinski definition) is 1. The third-order valence-corrected chi connectivity index (χ3v) is 6.65. The van der Waals surface area contributed by atoms with Crippen LogP contribution in [0.1, 0.15) is 64.5 Å². The quantitative estimate of drug-likeness (QED) is 0.731. The van der Waals surface area contributed by atoms with Crippen LogP contribution in [0.4, 0.5) is 5.69 Å². The maximum absolute atomic E-state index is 13.2. The number of likely N-dealkylation sites (N-methyl/N-ethyl adjacent to an activating group) is 1. The Morgan fingerprint density at radius 2 is 1.93 bits per heavy atom. The van der Waals surface area contributed by atoms with Crippen molar-refractivity contribution in [3.63, 3.8) is 0 Å². The molecule has 3 aliphatic rings. The standard InChI is InChI=1S/C25H29N3O2/c1-14-10-25(4,5)28(6)18-8-7-15(9-16(14)18)21-17(13-26)23(27)30-20-12-24(2,3)11-19(29)22(20)21/h7-10,21H,11-12,27H2,1-6H3/t21-/m1/s1. The van der Waals surface area contributed by atoms with E-state index in [1.54, 1.807) is 0 Å². The molecule has 1 aromatic rings. The van der Waals surface area contributed by atoms with Crippen LogP contribution in [-0.2, 0) is 9.53 Å². The van der Waals surface area contributed by atoms with Crippen LogP contribution in [0.3, 0.4) is 0 Å². The van der Waals surface area contributed by atoms with Gasteiger partial charge in [-0.2, -0.15) is 5.26 Å². The van der Waals surface area contributed by atoms with Gasteiger partial charge in [0.05, 0.1) is 11.5 Å². The number of Topliss-reactive ketones (excluding diaryl/α,β-unsaturated/α-hetero) is 1. The number of rotatable bonds is 1. The number of fused-ring (bicyclic) bond motifs is 1. The van der Waals surface area contributed by atoms with Crippen molar-refractivity contribution in [1.82, 2.24) is 0 Å². The molecule has 1 atom stereocenters. The van der Waals surface area contributed by atoms with Gasteiger partial charge >= 0.3 is 0 Å². The predicted octanol–water partition coefficient (Wildman–Crippen LogP) is 4.77. The average Bonchev–Trinajstić information content (AvgIpc) is 2.63. The van der Waals surface area contributed by atoms with Gasteiger partial charge in [-0.3, -0.25) is 4.79 Å². The molecule has 2 aliphatic heterocycles. The molecule has 0 aromatic heterocycles. The Kier molecular flexibility index (Phi) is 4.39. The number of hydrogen-bond acceptors (Lipinski definition) is 5. The van der Waals surface area contributed by atoms with E-state index in [4.69, 9.17) is 10.5 Å². The van der Waals surface area contributed by atoms with E-state index in [-0.39, 0.29) is 22.6 Å². The van der Waals surface area contributed by atoms with E-state index in [1.807, 2.05) is 6.07 Å². The molecule has 0 fully saturated rings. The molecule has 1 aromatic carbocycles. The summed E-state index contributed by atoms with van der Waals surface area (Å²) in [5.41, 5.74) is 11.1. The van der Waals surface area contributed by atoms with Crippen molar-refractivity contribution < 1.29 is 9.53 Å². The molecule has 0 spiro atoms. The molecule has 0 unspecified atom stereocenters. The van der Waals surface area contributed by atoms with Gasteiger partial charge in [-0.05, 0) is 49.5 Å². The third kappa shape index (κ3) is 3.02. The second-order valence-corrected chi connectivity index (χ2v) is 10.0. The number of allylic oxidation sites excluding steroid dienone is 4. The highest BCUT2D eigenvalue weighted by Crippen LogP contribution is 2.49. The van der Waals surface area contributed by atoms with Crippen molar-refractivity contribution in [1.29, 1.82) is 5.26 Å². The van der Waals surface area contributed by atoms with Gasteiger partial charge in [0.2, 0.25) is 5.88 Å². The molecule has 0 radical (unpaired) electrons. The van der Waals surface area contributed by atoms with Crippen LogP contribution in [0.25, 0.3) is 5.57 Å². The van der Waals surface area contributed by atoms with E-state index in [0.717, 1.165) is 16.8 Å². The van der Waals surface area contributed by atoms with Crippen LogP contribution in [-0.4, -0.2) is 18.4 Å². The van der Waals surface area contributed by atoms with Gasteiger partial charge in [0.25, 0.3) is 0 Å². The molecule has 0 saturated carbocycles. The molecule has 2 N–H and O–H groups in total. The van der Waals surface area contributed by atoms with E-state index in [1.165, 1.54) is 5.57 Å². The Morgan fingerprint density at radius 1 is 1.23 bits per heavy atom. The molecular weight excluding hydrogens is 374 g/mol. The zero-order valence-corrected chi connectivity index (χ0v) is 18.6. The molecule has 156 valence electrons. The van der Waals surface area contributed by atoms with Crippen LogP contribution in [0.15, 0.2) is 47.1 Å². The number of benzene rings is 1. The first-order valence-corrected chi connectivity index (χ1v) is 10.4. The molecule has 0 bridgehead atoms. The molecule has 30 heavy (non-hydrogen) atoms. The lowest BCUT2D eigenvalue weighted by Gasteiger charge is -2.41. The van der Waals surface area contributed by atoms with Gasteiger partial charge in [0, 0.05) is 36.7 Å². The van der Waals surface area contributed by atoms with Crippen molar-refractivity contribution in [3.8, 4) is 6.07 Å². The Morgan fingerprint density at radius 3 is 2.60 bits per heavy atom. The van der Waals surface area contributed by atoms with Crippen LogP contribution < -0.4 is 10.6 Å². The topological polar surface area (TPSA) is 79.3 Å². The Labute approximate surface area is 178 Å². The summed E-state index contributed by atoms with van der Waals surface area (Å²) >= 11 is 0. The van der Waals surface area contributed by atoms with Gasteiger partial charge in [-0.15, -0.1) is 0 Å². The molecule has 5 nitrogen and oxygen atoms in total. The molecule has 2 heterocycles. The zero-order valence-electron chi connectivity index (χ0n) is 18.6. The lowest BCUT2D eigenvalue weighted by molar-refractivity contribution is -0.119. The number of nitrogens with zero attached hydrogens (tertiary/aromatic N) is 2. The summed E-state index contributed by atoms with van der Waals surface area (Å²) in [6, 6.07) is 8.41. The largest absolute Gasteiger partial charge is 0.444 e. The van der Waals surface area contributed by atoms with Crippen molar-refractivity contribution >= 4 is 17.0 Å². The van der Waals surface area contributed by atoms with E-state index >= 15 is 0 Å². The first-order valence-electron chi connectivity index (χ1n) is 10.4. The fourth-order valence-corrected chi connectivity index (χ4v) is 4.97. The minimum absolute atomic E-state index is 0.0368. The summed E-state index contributed by atoms with van der Waals surface area (Å²) in [5.74, 6) is 0.270. The monoisotopic (exact) mass is 403 g/mol. The predicted molar refractivity (Wildman–Crippen MR) is 118 cm³/mol. The molecule has 1 aliphatic carbocycles. The van der Waals surface area contributed by atoms with Gasteiger partial charge in [-0.1, -0.05) is 26.0 Å². The molecule has 5 heteroatoms. The van der Waals surface area contributed by atoms with E-state index in [0.29, 0.717) is 29.7 Å². The summed E-state index contributed by atoms with van der Waals surface area (Å²) in [5, 5.41) is 9.85. The number of ether oxygens (including phenoxy) is 1. The summed E-state index contributed by atoms with van der Waals surface area (Å²) < 4.78 is 5.80. The first kappa shape index (κ1) is 20.3.